The molecule has 1 N–H and O–H groups in total. The summed E-state index contributed by atoms with van der Waals surface area (Å²) in [6.07, 6.45) is 1.11. The average Bonchev–Trinajstić information content (AvgIpc) is 2.21. The van der Waals surface area contributed by atoms with Gasteiger partial charge in [0.15, 0.2) is 0 Å². The minimum Gasteiger partial charge on any atom is -0.396 e. The van der Waals surface area contributed by atoms with Crippen molar-refractivity contribution in [2.24, 2.45) is 0 Å². The van der Waals surface area contributed by atoms with Crippen molar-refractivity contribution in [1.82, 2.24) is 0 Å². The highest BCUT2D eigenvalue weighted by atomic mass is 32.1. The monoisotopic (exact) mass is 210 g/mol. The molecule has 2 nitrogen and oxygen atoms in total. The first-order valence-electron chi connectivity index (χ1n) is 4.57. The van der Waals surface area contributed by atoms with E-state index >= 15 is 0 Å². The summed E-state index contributed by atoms with van der Waals surface area (Å²) in [5.41, 5.74) is 2.10. The van der Waals surface area contributed by atoms with Crippen LogP contribution in [0.5, 0.6) is 0 Å². The quantitative estimate of drug-likeness (QED) is 0.718. The molecule has 0 aliphatic carbocycles. The van der Waals surface area contributed by atoms with Gasteiger partial charge < -0.3 is 5.11 Å². The molecule has 76 valence electrons. The molecule has 0 radical (unpaired) electrons. The number of aliphatic hydroxyl groups is 1. The lowest BCUT2D eigenvalue weighted by atomic mass is 10.1. The van der Waals surface area contributed by atoms with Gasteiger partial charge >= 0.3 is 0 Å². The topological polar surface area (TPSA) is 37.3 Å². The second kappa shape index (κ2) is 5.83. The molecule has 1 aromatic rings. The average molecular weight is 210 g/mol. The van der Waals surface area contributed by atoms with Crippen molar-refractivity contribution < 1.29 is 9.90 Å². The Labute approximate surface area is 89.4 Å². The first-order chi connectivity index (χ1) is 6.76. The summed E-state index contributed by atoms with van der Waals surface area (Å²) in [4.78, 5) is 11.1. The number of Topliss-reactive ketones (excluding diaryl/α,β-unsaturated/α-hetero) is 1. The molecule has 0 aliphatic heterocycles. The summed E-state index contributed by atoms with van der Waals surface area (Å²) in [7, 11) is 0. The maximum Gasteiger partial charge on any atom is 0.146 e. The molecule has 0 spiro atoms. The van der Waals surface area contributed by atoms with Crippen molar-refractivity contribution in [1.29, 1.82) is 0 Å². The van der Waals surface area contributed by atoms with Crippen LogP contribution in [0.1, 0.15) is 11.1 Å². The lowest BCUT2D eigenvalue weighted by Crippen LogP contribution is -2.03. The van der Waals surface area contributed by atoms with Crippen molar-refractivity contribution in [3.63, 3.8) is 0 Å². The number of carbonyl (C=O) groups excluding carboxylic acids is 1. The van der Waals surface area contributed by atoms with Crippen LogP contribution in [-0.4, -0.2) is 23.2 Å². The Morgan fingerprint density at radius 3 is 2.29 bits per heavy atom. The highest BCUT2D eigenvalue weighted by molar-refractivity contribution is 7.81. The lowest BCUT2D eigenvalue weighted by Gasteiger charge is -2.01. The summed E-state index contributed by atoms with van der Waals surface area (Å²) < 4.78 is 0. The molecule has 0 unspecified atom stereocenters. The van der Waals surface area contributed by atoms with Gasteiger partial charge in [0.25, 0.3) is 0 Å². The molecule has 0 saturated heterocycles. The number of carbonyl (C=O) groups is 1. The molecule has 0 atom stereocenters. The predicted molar refractivity (Wildman–Crippen MR) is 59.8 cm³/mol. The molecule has 3 heteroatoms. The van der Waals surface area contributed by atoms with Crippen molar-refractivity contribution in [2.75, 3.05) is 12.4 Å². The molecule has 0 aliphatic rings. The Balaban J connectivity index is 2.59. The van der Waals surface area contributed by atoms with E-state index in [0.717, 1.165) is 11.1 Å². The van der Waals surface area contributed by atoms with Gasteiger partial charge in [-0.25, -0.2) is 0 Å². The molecule has 1 rings (SSSR count). The molecular formula is C11H14O2S. The van der Waals surface area contributed by atoms with Crippen LogP contribution in [-0.2, 0) is 17.6 Å². The maximum atomic E-state index is 11.1. The standard InChI is InChI=1S/C11H14O2S/c12-6-5-9-1-3-10(4-2-9)7-11(13)8-14/h1-4,12,14H,5-8H2. The zero-order valence-electron chi connectivity index (χ0n) is 7.94. The summed E-state index contributed by atoms with van der Waals surface area (Å²) in [6.45, 7) is 0.162. The van der Waals surface area contributed by atoms with Crippen molar-refractivity contribution in [3.8, 4) is 0 Å². The van der Waals surface area contributed by atoms with Crippen molar-refractivity contribution in [3.05, 3.63) is 35.4 Å². The summed E-state index contributed by atoms with van der Waals surface area (Å²) in [5.74, 6) is 0.418. The molecule has 0 bridgehead atoms. The van der Waals surface area contributed by atoms with Crippen LogP contribution < -0.4 is 0 Å². The second-order valence-corrected chi connectivity index (χ2v) is 3.48. The molecular weight excluding hydrogens is 196 g/mol. The van der Waals surface area contributed by atoms with Crippen LogP contribution in [0.4, 0.5) is 0 Å². The van der Waals surface area contributed by atoms with Gasteiger partial charge in [-0.1, -0.05) is 24.3 Å². The maximum absolute atomic E-state index is 11.1. The SMILES string of the molecule is O=C(CS)Cc1ccc(CCO)cc1. The third-order valence-electron chi connectivity index (χ3n) is 2.00. The Morgan fingerprint density at radius 1 is 1.21 bits per heavy atom. The fourth-order valence-electron chi connectivity index (χ4n) is 1.24. The largest absolute Gasteiger partial charge is 0.396 e. The minimum absolute atomic E-state index is 0.128. The van der Waals surface area contributed by atoms with E-state index in [4.69, 9.17) is 5.11 Å². The first kappa shape index (κ1) is 11.3. The van der Waals surface area contributed by atoms with E-state index in [9.17, 15) is 4.79 Å². The van der Waals surface area contributed by atoms with Gasteiger partial charge in [-0.3, -0.25) is 4.79 Å². The first-order valence-corrected chi connectivity index (χ1v) is 5.20. The van der Waals surface area contributed by atoms with E-state index in [2.05, 4.69) is 12.6 Å². The normalized spacial score (nSPS) is 10.1. The molecule has 0 heterocycles. The third kappa shape index (κ3) is 3.52. The van der Waals surface area contributed by atoms with Gasteiger partial charge in [-0.05, 0) is 17.5 Å². The number of thiol groups is 1. The molecule has 14 heavy (non-hydrogen) atoms. The van der Waals surface area contributed by atoms with E-state index in [1.807, 2.05) is 24.3 Å². The van der Waals surface area contributed by atoms with Gasteiger partial charge in [0.2, 0.25) is 0 Å². The van der Waals surface area contributed by atoms with Crippen molar-refractivity contribution >= 4 is 18.4 Å². The Hall–Kier alpha value is -0.800. The number of ketones is 1. The molecule has 0 aromatic heterocycles. The van der Waals surface area contributed by atoms with Gasteiger partial charge in [-0.15, -0.1) is 0 Å². The van der Waals surface area contributed by atoms with Crippen LogP contribution in [0.15, 0.2) is 24.3 Å². The Kier molecular flexibility index (Phi) is 4.70. The van der Waals surface area contributed by atoms with Crippen LogP contribution in [0.2, 0.25) is 0 Å². The van der Waals surface area contributed by atoms with E-state index in [1.165, 1.54) is 0 Å². The fourth-order valence-corrected chi connectivity index (χ4v) is 1.35. The Bertz CT molecular complexity index is 293. The van der Waals surface area contributed by atoms with Crippen LogP contribution in [0.3, 0.4) is 0 Å². The molecule has 0 saturated carbocycles. The van der Waals surface area contributed by atoms with Gasteiger partial charge in [0.05, 0.1) is 0 Å². The number of hydrogen-bond donors (Lipinski definition) is 2. The summed E-state index contributed by atoms with van der Waals surface area (Å²) >= 11 is 3.92. The van der Waals surface area contributed by atoms with Crippen LogP contribution in [0.25, 0.3) is 0 Å². The van der Waals surface area contributed by atoms with Crippen molar-refractivity contribution in [2.45, 2.75) is 12.8 Å². The number of benzene rings is 1. The predicted octanol–water partition coefficient (Wildman–Crippen LogP) is 1.26. The van der Waals surface area contributed by atoms with Gasteiger partial charge in [0, 0.05) is 18.8 Å². The smallest absolute Gasteiger partial charge is 0.146 e. The summed E-state index contributed by atoms with van der Waals surface area (Å²) in [6, 6.07) is 7.73. The molecule has 1 aromatic carbocycles. The van der Waals surface area contributed by atoms with E-state index in [1.54, 1.807) is 0 Å². The lowest BCUT2D eigenvalue weighted by molar-refractivity contribution is -0.115. The van der Waals surface area contributed by atoms with Crippen LogP contribution >= 0.6 is 12.6 Å². The van der Waals surface area contributed by atoms with Gasteiger partial charge in [-0.2, -0.15) is 12.6 Å². The fraction of sp³-hybridized carbons (Fsp3) is 0.364. The summed E-state index contributed by atoms with van der Waals surface area (Å²) in [5, 5.41) is 8.71. The number of aliphatic hydroxyl groups excluding tert-OH is 1. The van der Waals surface area contributed by atoms with E-state index < -0.39 is 0 Å². The highest BCUT2D eigenvalue weighted by Gasteiger charge is 2.00. The van der Waals surface area contributed by atoms with Crippen LogP contribution in [0, 0.1) is 0 Å². The highest BCUT2D eigenvalue weighted by Crippen LogP contribution is 2.06. The number of rotatable bonds is 5. The zero-order valence-corrected chi connectivity index (χ0v) is 8.83. The molecule has 0 amide bonds. The van der Waals surface area contributed by atoms with E-state index in [-0.39, 0.29) is 12.4 Å². The number of hydrogen-bond acceptors (Lipinski definition) is 3. The van der Waals surface area contributed by atoms with E-state index in [0.29, 0.717) is 18.6 Å². The van der Waals surface area contributed by atoms with Gasteiger partial charge in [0.1, 0.15) is 5.78 Å². The Morgan fingerprint density at radius 2 is 1.79 bits per heavy atom. The third-order valence-corrected chi connectivity index (χ3v) is 2.35. The zero-order chi connectivity index (χ0) is 10.4. The molecule has 0 fully saturated rings. The minimum atomic E-state index is 0.128. The second-order valence-electron chi connectivity index (χ2n) is 3.16.